The number of benzene rings is 1. The lowest BCUT2D eigenvalue weighted by Crippen LogP contribution is -2.43. The van der Waals surface area contributed by atoms with Crippen molar-refractivity contribution in [3.05, 3.63) is 36.0 Å². The molecule has 1 aliphatic heterocycles. The maximum Gasteiger partial charge on any atom is 0.0486 e. The summed E-state index contributed by atoms with van der Waals surface area (Å²) in [7, 11) is 2.21. The van der Waals surface area contributed by atoms with Crippen molar-refractivity contribution in [1.29, 1.82) is 0 Å². The minimum atomic E-state index is 0.515. The Morgan fingerprint density at radius 3 is 2.45 bits per heavy atom. The average Bonchev–Trinajstić information content (AvgIpc) is 2.81. The Kier molecular flexibility index (Phi) is 3.81. The van der Waals surface area contributed by atoms with Gasteiger partial charge in [0.1, 0.15) is 0 Å². The van der Waals surface area contributed by atoms with Crippen LogP contribution in [-0.2, 0) is 6.54 Å². The van der Waals surface area contributed by atoms with E-state index in [1.54, 1.807) is 0 Å². The highest BCUT2D eigenvalue weighted by atomic mass is 15.2. The molecule has 1 aliphatic rings. The highest BCUT2D eigenvalue weighted by molar-refractivity contribution is 5.84. The zero-order chi connectivity index (χ0) is 14.1. The van der Waals surface area contributed by atoms with Gasteiger partial charge in [-0.05, 0) is 32.5 Å². The van der Waals surface area contributed by atoms with Crippen LogP contribution < -0.4 is 0 Å². The molecule has 1 aromatic heterocycles. The summed E-state index contributed by atoms with van der Waals surface area (Å²) in [4.78, 5) is 4.99. The van der Waals surface area contributed by atoms with Gasteiger partial charge in [-0.15, -0.1) is 0 Å². The number of nitrogens with zero attached hydrogens (tertiary/aromatic N) is 3. The van der Waals surface area contributed by atoms with E-state index in [9.17, 15) is 0 Å². The van der Waals surface area contributed by atoms with Crippen LogP contribution in [0, 0.1) is 0 Å². The minimum Gasteiger partial charge on any atom is -0.345 e. The molecule has 20 heavy (non-hydrogen) atoms. The number of rotatable bonds is 3. The normalized spacial score (nSPS) is 18.2. The van der Waals surface area contributed by atoms with Gasteiger partial charge in [0.2, 0.25) is 0 Å². The Bertz CT molecular complexity index is 577. The molecule has 1 aromatic carbocycles. The van der Waals surface area contributed by atoms with Gasteiger partial charge in [-0.3, -0.25) is 4.90 Å². The van der Waals surface area contributed by atoms with E-state index in [-0.39, 0.29) is 0 Å². The van der Waals surface area contributed by atoms with Gasteiger partial charge in [0.15, 0.2) is 0 Å². The molecule has 2 aromatic rings. The first kappa shape index (κ1) is 13.7. The smallest absolute Gasteiger partial charge is 0.0486 e. The van der Waals surface area contributed by atoms with Gasteiger partial charge < -0.3 is 9.47 Å². The fourth-order valence-corrected chi connectivity index (χ4v) is 3.08. The summed E-state index contributed by atoms with van der Waals surface area (Å²) in [5.41, 5.74) is 2.84. The summed E-state index contributed by atoms with van der Waals surface area (Å²) in [5.74, 6) is 0. The van der Waals surface area contributed by atoms with Crippen LogP contribution in [-0.4, -0.2) is 47.6 Å². The summed E-state index contributed by atoms with van der Waals surface area (Å²) >= 11 is 0. The SMILES string of the molecule is CC(C)n1cc(CN2CCN(C)CC2)c2ccccc21. The maximum atomic E-state index is 2.58. The van der Waals surface area contributed by atoms with Crippen molar-refractivity contribution in [3.8, 4) is 0 Å². The number of para-hydroxylation sites is 1. The lowest BCUT2D eigenvalue weighted by Gasteiger charge is -2.32. The third-order valence-electron chi connectivity index (χ3n) is 4.37. The summed E-state index contributed by atoms with van der Waals surface area (Å²) < 4.78 is 2.40. The molecule has 1 saturated heterocycles. The van der Waals surface area contributed by atoms with Crippen molar-refractivity contribution >= 4 is 10.9 Å². The Balaban J connectivity index is 1.88. The Labute approximate surface area is 121 Å². The van der Waals surface area contributed by atoms with Crippen molar-refractivity contribution in [2.45, 2.75) is 26.4 Å². The monoisotopic (exact) mass is 271 g/mol. The van der Waals surface area contributed by atoms with Crippen molar-refractivity contribution in [2.75, 3.05) is 33.2 Å². The summed E-state index contributed by atoms with van der Waals surface area (Å²) in [5, 5.41) is 1.42. The number of hydrogen-bond acceptors (Lipinski definition) is 2. The molecular weight excluding hydrogens is 246 g/mol. The molecule has 1 fully saturated rings. The van der Waals surface area contributed by atoms with Crippen molar-refractivity contribution in [3.63, 3.8) is 0 Å². The van der Waals surface area contributed by atoms with Crippen LogP contribution in [0.5, 0.6) is 0 Å². The van der Waals surface area contributed by atoms with E-state index >= 15 is 0 Å². The van der Waals surface area contributed by atoms with Crippen LogP contribution >= 0.6 is 0 Å². The molecule has 0 spiro atoms. The number of aromatic nitrogens is 1. The molecule has 3 rings (SSSR count). The lowest BCUT2D eigenvalue weighted by molar-refractivity contribution is 0.148. The van der Waals surface area contributed by atoms with Crippen LogP contribution in [0.1, 0.15) is 25.5 Å². The van der Waals surface area contributed by atoms with E-state index in [4.69, 9.17) is 0 Å². The van der Waals surface area contributed by atoms with Crippen LogP contribution in [0.15, 0.2) is 30.5 Å². The van der Waals surface area contributed by atoms with Gasteiger partial charge in [0.25, 0.3) is 0 Å². The van der Waals surface area contributed by atoms with E-state index in [2.05, 4.69) is 65.7 Å². The number of likely N-dealkylation sites (N-methyl/N-ethyl adjacent to an activating group) is 1. The molecule has 2 heterocycles. The van der Waals surface area contributed by atoms with Crippen LogP contribution in [0.3, 0.4) is 0 Å². The summed E-state index contributed by atoms with van der Waals surface area (Å²) in [6.07, 6.45) is 2.35. The van der Waals surface area contributed by atoms with Gasteiger partial charge in [-0.1, -0.05) is 18.2 Å². The number of piperazine rings is 1. The van der Waals surface area contributed by atoms with E-state index in [1.807, 2.05) is 0 Å². The lowest BCUT2D eigenvalue weighted by atomic mass is 10.1. The molecule has 0 aliphatic carbocycles. The van der Waals surface area contributed by atoms with Gasteiger partial charge in [0, 0.05) is 55.9 Å². The summed E-state index contributed by atoms with van der Waals surface area (Å²) in [6.45, 7) is 10.3. The van der Waals surface area contributed by atoms with Crippen LogP contribution in [0.25, 0.3) is 10.9 Å². The second-order valence-corrected chi connectivity index (χ2v) is 6.25. The van der Waals surface area contributed by atoms with Gasteiger partial charge in [-0.2, -0.15) is 0 Å². The topological polar surface area (TPSA) is 11.4 Å². The second kappa shape index (κ2) is 5.58. The van der Waals surface area contributed by atoms with E-state index in [1.165, 1.54) is 42.6 Å². The van der Waals surface area contributed by atoms with Gasteiger partial charge in [-0.25, -0.2) is 0 Å². The standard InChI is InChI=1S/C17H25N3/c1-14(2)20-13-15(16-6-4-5-7-17(16)20)12-19-10-8-18(3)9-11-19/h4-7,13-14H,8-12H2,1-3H3. The Morgan fingerprint density at radius 1 is 1.05 bits per heavy atom. The molecule has 3 heteroatoms. The predicted molar refractivity (Wildman–Crippen MR) is 85.1 cm³/mol. The average molecular weight is 271 g/mol. The zero-order valence-electron chi connectivity index (χ0n) is 12.8. The minimum absolute atomic E-state index is 0.515. The molecular formula is C17H25N3. The Hall–Kier alpha value is -1.32. The maximum absolute atomic E-state index is 2.58. The molecule has 0 amide bonds. The molecule has 108 valence electrons. The van der Waals surface area contributed by atoms with E-state index < -0.39 is 0 Å². The quantitative estimate of drug-likeness (QED) is 0.850. The van der Waals surface area contributed by atoms with Gasteiger partial charge >= 0.3 is 0 Å². The number of hydrogen-bond donors (Lipinski definition) is 0. The molecule has 0 N–H and O–H groups in total. The molecule has 0 saturated carbocycles. The van der Waals surface area contributed by atoms with Gasteiger partial charge in [0.05, 0.1) is 0 Å². The third-order valence-corrected chi connectivity index (χ3v) is 4.37. The summed E-state index contributed by atoms with van der Waals surface area (Å²) in [6, 6.07) is 9.31. The van der Waals surface area contributed by atoms with Crippen LogP contribution in [0.4, 0.5) is 0 Å². The fraction of sp³-hybridized carbons (Fsp3) is 0.529. The molecule has 0 atom stereocenters. The number of fused-ring (bicyclic) bond motifs is 1. The van der Waals surface area contributed by atoms with Crippen molar-refractivity contribution < 1.29 is 0 Å². The Morgan fingerprint density at radius 2 is 1.75 bits per heavy atom. The highest BCUT2D eigenvalue weighted by Gasteiger charge is 2.17. The third kappa shape index (κ3) is 2.60. The fourth-order valence-electron chi connectivity index (χ4n) is 3.08. The molecule has 0 radical (unpaired) electrons. The predicted octanol–water partition coefficient (Wildman–Crippen LogP) is 2.97. The van der Waals surface area contributed by atoms with Crippen molar-refractivity contribution in [1.82, 2.24) is 14.4 Å². The molecule has 3 nitrogen and oxygen atoms in total. The first-order valence-corrected chi connectivity index (χ1v) is 7.64. The second-order valence-electron chi connectivity index (χ2n) is 6.25. The first-order valence-electron chi connectivity index (χ1n) is 7.64. The van der Waals surface area contributed by atoms with E-state index in [0.29, 0.717) is 6.04 Å². The first-order chi connectivity index (χ1) is 9.65. The van der Waals surface area contributed by atoms with Crippen LogP contribution in [0.2, 0.25) is 0 Å². The zero-order valence-corrected chi connectivity index (χ0v) is 12.8. The highest BCUT2D eigenvalue weighted by Crippen LogP contribution is 2.25. The molecule has 0 unspecified atom stereocenters. The largest absolute Gasteiger partial charge is 0.345 e. The molecule has 0 bridgehead atoms. The van der Waals surface area contributed by atoms with E-state index in [0.717, 1.165) is 6.54 Å². The van der Waals surface area contributed by atoms with Crippen molar-refractivity contribution in [2.24, 2.45) is 0 Å².